The van der Waals surface area contributed by atoms with Crippen molar-refractivity contribution in [2.75, 3.05) is 18.0 Å². The lowest BCUT2D eigenvalue weighted by atomic mass is 10.0. The second kappa shape index (κ2) is 7.47. The molecule has 1 aliphatic heterocycles. The van der Waals surface area contributed by atoms with E-state index < -0.39 is 0 Å². The highest BCUT2D eigenvalue weighted by Crippen LogP contribution is 2.23. The van der Waals surface area contributed by atoms with Crippen molar-refractivity contribution in [1.82, 2.24) is 5.32 Å². The van der Waals surface area contributed by atoms with Gasteiger partial charge in [-0.1, -0.05) is 12.1 Å². The molecule has 0 radical (unpaired) electrons. The van der Waals surface area contributed by atoms with E-state index in [1.807, 2.05) is 11.3 Å². The van der Waals surface area contributed by atoms with Crippen LogP contribution in [0.15, 0.2) is 36.4 Å². The van der Waals surface area contributed by atoms with Crippen LogP contribution < -0.4 is 10.2 Å². The molecule has 1 aromatic heterocycles. The zero-order chi connectivity index (χ0) is 16.2. The first-order chi connectivity index (χ1) is 11.1. The second-order valence-corrected chi connectivity index (χ2v) is 7.80. The van der Waals surface area contributed by atoms with Gasteiger partial charge in [-0.2, -0.15) is 0 Å². The number of thiophene rings is 1. The number of nitrogens with one attached hydrogen (secondary N) is 1. The SMILES string of the molecule is Cc1ccc(CNC(C)c2ccc(N3CCC(O)CC3)cc2)s1. The van der Waals surface area contributed by atoms with E-state index in [9.17, 15) is 5.11 Å². The van der Waals surface area contributed by atoms with Gasteiger partial charge in [0.25, 0.3) is 0 Å². The number of aliphatic hydroxyl groups excluding tert-OH is 1. The van der Waals surface area contributed by atoms with Gasteiger partial charge in [-0.3, -0.25) is 0 Å². The fraction of sp³-hybridized carbons (Fsp3) is 0.474. The zero-order valence-corrected chi connectivity index (χ0v) is 14.8. The summed E-state index contributed by atoms with van der Waals surface area (Å²) in [5.41, 5.74) is 2.58. The van der Waals surface area contributed by atoms with Crippen LogP contribution in [0, 0.1) is 6.92 Å². The van der Waals surface area contributed by atoms with E-state index in [4.69, 9.17) is 0 Å². The molecule has 0 saturated carbocycles. The highest BCUT2D eigenvalue weighted by Gasteiger charge is 2.17. The van der Waals surface area contributed by atoms with E-state index in [1.54, 1.807) is 0 Å². The molecule has 3 rings (SSSR count). The fourth-order valence-corrected chi connectivity index (χ4v) is 3.89. The number of aliphatic hydroxyl groups is 1. The van der Waals surface area contributed by atoms with Crippen LogP contribution in [-0.2, 0) is 6.54 Å². The Hall–Kier alpha value is -1.36. The van der Waals surface area contributed by atoms with Crippen LogP contribution in [0.5, 0.6) is 0 Å². The first kappa shape index (κ1) is 16.5. The van der Waals surface area contributed by atoms with E-state index in [2.05, 4.69) is 60.5 Å². The van der Waals surface area contributed by atoms with Gasteiger partial charge in [0, 0.05) is 41.1 Å². The van der Waals surface area contributed by atoms with Crippen LogP contribution in [0.25, 0.3) is 0 Å². The summed E-state index contributed by atoms with van der Waals surface area (Å²) in [5, 5.41) is 13.2. The third-order valence-corrected chi connectivity index (χ3v) is 5.60. The molecule has 1 fully saturated rings. The van der Waals surface area contributed by atoms with Crippen LogP contribution in [0.1, 0.15) is 41.1 Å². The summed E-state index contributed by atoms with van der Waals surface area (Å²) in [5.74, 6) is 0. The molecule has 1 aliphatic rings. The summed E-state index contributed by atoms with van der Waals surface area (Å²) < 4.78 is 0. The van der Waals surface area contributed by atoms with Gasteiger partial charge in [0.1, 0.15) is 0 Å². The molecule has 1 saturated heterocycles. The number of piperidine rings is 1. The summed E-state index contributed by atoms with van der Waals surface area (Å²) >= 11 is 1.86. The molecular weight excluding hydrogens is 304 g/mol. The van der Waals surface area contributed by atoms with Crippen molar-refractivity contribution in [3.8, 4) is 0 Å². The molecular formula is C19H26N2OS. The van der Waals surface area contributed by atoms with Crippen molar-refractivity contribution >= 4 is 17.0 Å². The van der Waals surface area contributed by atoms with Gasteiger partial charge in [0.15, 0.2) is 0 Å². The Labute approximate surface area is 143 Å². The molecule has 0 amide bonds. The minimum atomic E-state index is -0.115. The van der Waals surface area contributed by atoms with Crippen LogP contribution >= 0.6 is 11.3 Å². The molecule has 1 aromatic carbocycles. The maximum absolute atomic E-state index is 9.61. The molecule has 4 heteroatoms. The molecule has 0 bridgehead atoms. The minimum Gasteiger partial charge on any atom is -0.393 e. The van der Waals surface area contributed by atoms with Gasteiger partial charge >= 0.3 is 0 Å². The maximum atomic E-state index is 9.61. The van der Waals surface area contributed by atoms with Crippen LogP contribution in [-0.4, -0.2) is 24.3 Å². The van der Waals surface area contributed by atoms with Gasteiger partial charge in [0.05, 0.1) is 6.10 Å². The zero-order valence-electron chi connectivity index (χ0n) is 14.0. The van der Waals surface area contributed by atoms with Gasteiger partial charge in [-0.15, -0.1) is 11.3 Å². The summed E-state index contributed by atoms with van der Waals surface area (Å²) in [6.07, 6.45) is 1.63. The molecule has 3 nitrogen and oxygen atoms in total. The Morgan fingerprint density at radius 3 is 2.48 bits per heavy atom. The number of anilines is 1. The van der Waals surface area contributed by atoms with Crippen molar-refractivity contribution in [2.45, 2.75) is 45.4 Å². The molecule has 0 aliphatic carbocycles. The quantitative estimate of drug-likeness (QED) is 0.873. The number of rotatable bonds is 5. The lowest BCUT2D eigenvalue weighted by molar-refractivity contribution is 0.145. The Bertz CT molecular complexity index is 615. The first-order valence-corrected chi connectivity index (χ1v) is 9.25. The molecule has 2 N–H and O–H groups in total. The summed E-state index contributed by atoms with van der Waals surface area (Å²) in [7, 11) is 0. The highest BCUT2D eigenvalue weighted by atomic mass is 32.1. The Morgan fingerprint density at radius 1 is 1.17 bits per heavy atom. The average Bonchev–Trinajstić information content (AvgIpc) is 2.99. The Morgan fingerprint density at radius 2 is 1.87 bits per heavy atom. The van der Waals surface area contributed by atoms with Crippen molar-refractivity contribution in [3.05, 3.63) is 51.7 Å². The summed E-state index contributed by atoms with van der Waals surface area (Å²) in [6, 6.07) is 13.6. The smallest absolute Gasteiger partial charge is 0.0574 e. The van der Waals surface area contributed by atoms with E-state index >= 15 is 0 Å². The van der Waals surface area contributed by atoms with Gasteiger partial charge in [0.2, 0.25) is 0 Å². The van der Waals surface area contributed by atoms with Crippen molar-refractivity contribution in [1.29, 1.82) is 0 Å². The standard InChI is InChI=1S/C19H26N2OS/c1-14-3-8-19(23-14)13-20-15(2)16-4-6-17(7-5-16)21-11-9-18(22)10-12-21/h3-8,15,18,20,22H,9-13H2,1-2H3. The van der Waals surface area contributed by atoms with Crippen LogP contribution in [0.2, 0.25) is 0 Å². The maximum Gasteiger partial charge on any atom is 0.0574 e. The van der Waals surface area contributed by atoms with E-state index in [1.165, 1.54) is 21.0 Å². The molecule has 0 spiro atoms. The normalized spacial score (nSPS) is 17.4. The molecule has 124 valence electrons. The molecule has 1 unspecified atom stereocenters. The fourth-order valence-electron chi connectivity index (χ4n) is 3.05. The number of hydrogen-bond acceptors (Lipinski definition) is 4. The van der Waals surface area contributed by atoms with E-state index in [0.29, 0.717) is 6.04 Å². The van der Waals surface area contributed by atoms with Gasteiger partial charge in [-0.25, -0.2) is 0 Å². The Kier molecular flexibility index (Phi) is 5.36. The predicted octanol–water partition coefficient (Wildman–Crippen LogP) is 3.87. The topological polar surface area (TPSA) is 35.5 Å². The van der Waals surface area contributed by atoms with Crippen molar-refractivity contribution in [2.24, 2.45) is 0 Å². The second-order valence-electron chi connectivity index (χ2n) is 6.42. The number of aryl methyl sites for hydroxylation is 1. The van der Waals surface area contributed by atoms with Crippen LogP contribution in [0.4, 0.5) is 5.69 Å². The number of benzene rings is 1. The number of nitrogens with zero attached hydrogens (tertiary/aromatic N) is 1. The predicted molar refractivity (Wildman–Crippen MR) is 98.2 cm³/mol. The molecule has 2 aromatic rings. The van der Waals surface area contributed by atoms with Crippen molar-refractivity contribution < 1.29 is 5.11 Å². The van der Waals surface area contributed by atoms with Crippen LogP contribution in [0.3, 0.4) is 0 Å². The third kappa shape index (κ3) is 4.34. The lowest BCUT2D eigenvalue weighted by Crippen LogP contribution is -2.35. The monoisotopic (exact) mass is 330 g/mol. The largest absolute Gasteiger partial charge is 0.393 e. The van der Waals surface area contributed by atoms with E-state index in [-0.39, 0.29) is 6.10 Å². The van der Waals surface area contributed by atoms with Crippen molar-refractivity contribution in [3.63, 3.8) is 0 Å². The first-order valence-electron chi connectivity index (χ1n) is 8.43. The molecule has 23 heavy (non-hydrogen) atoms. The number of hydrogen-bond donors (Lipinski definition) is 2. The van der Waals surface area contributed by atoms with Gasteiger partial charge < -0.3 is 15.3 Å². The average molecular weight is 330 g/mol. The highest BCUT2D eigenvalue weighted by molar-refractivity contribution is 7.11. The summed E-state index contributed by atoms with van der Waals surface area (Å²) in [4.78, 5) is 5.12. The summed E-state index contributed by atoms with van der Waals surface area (Å²) in [6.45, 7) is 7.19. The van der Waals surface area contributed by atoms with Gasteiger partial charge in [-0.05, 0) is 56.5 Å². The molecule has 2 heterocycles. The minimum absolute atomic E-state index is 0.115. The lowest BCUT2D eigenvalue weighted by Gasteiger charge is -2.31. The third-order valence-electron chi connectivity index (χ3n) is 4.60. The van der Waals surface area contributed by atoms with E-state index in [0.717, 1.165) is 32.5 Å². The molecule has 1 atom stereocenters. The Balaban J connectivity index is 1.55.